The smallest absolute Gasteiger partial charge is 0.140 e. The topological polar surface area (TPSA) is 71.9 Å². The summed E-state index contributed by atoms with van der Waals surface area (Å²) < 4.78 is 6.77. The van der Waals surface area contributed by atoms with Crippen LogP contribution in [0.15, 0.2) is 41.0 Å². The van der Waals surface area contributed by atoms with Crippen molar-refractivity contribution in [2.75, 3.05) is 0 Å². The van der Waals surface area contributed by atoms with Gasteiger partial charge in [-0.25, -0.2) is 4.98 Å². The Labute approximate surface area is 126 Å². The molecule has 0 aliphatic carbocycles. The molecule has 5 heteroatoms. The molecule has 1 unspecified atom stereocenters. The normalized spacial score (nSPS) is 11.7. The van der Waals surface area contributed by atoms with Crippen molar-refractivity contribution in [2.45, 2.75) is 19.6 Å². The summed E-state index contributed by atoms with van der Waals surface area (Å²) in [6.45, 7) is 2.29. The summed E-state index contributed by atoms with van der Waals surface area (Å²) in [5, 5.41) is 8.82. The zero-order valence-electron chi connectivity index (χ0n) is 11.0. The van der Waals surface area contributed by atoms with E-state index in [-0.39, 0.29) is 6.04 Å². The monoisotopic (exact) mass is 331 g/mol. The van der Waals surface area contributed by atoms with Gasteiger partial charge in [0.15, 0.2) is 0 Å². The fraction of sp³-hybridized carbons (Fsp3) is 0.200. The van der Waals surface area contributed by atoms with E-state index < -0.39 is 0 Å². The van der Waals surface area contributed by atoms with Crippen LogP contribution in [-0.2, 0) is 6.61 Å². The molecule has 20 heavy (non-hydrogen) atoms. The fourth-order valence-electron chi connectivity index (χ4n) is 1.79. The summed E-state index contributed by atoms with van der Waals surface area (Å²) in [6.07, 6.45) is 1.60. The van der Waals surface area contributed by atoms with E-state index in [1.54, 1.807) is 12.3 Å². The molecule has 0 saturated heterocycles. The van der Waals surface area contributed by atoms with Crippen LogP contribution in [0, 0.1) is 11.3 Å². The van der Waals surface area contributed by atoms with Crippen LogP contribution in [0.1, 0.15) is 29.8 Å². The van der Waals surface area contributed by atoms with Crippen molar-refractivity contribution in [3.8, 4) is 11.8 Å². The molecule has 0 saturated carbocycles. The Hall–Kier alpha value is -1.90. The van der Waals surface area contributed by atoms with E-state index in [0.717, 1.165) is 21.3 Å². The number of hydrogen-bond donors (Lipinski definition) is 1. The maximum atomic E-state index is 8.82. The van der Waals surface area contributed by atoms with Crippen molar-refractivity contribution in [3.63, 3.8) is 0 Å². The Morgan fingerprint density at radius 3 is 2.90 bits per heavy atom. The van der Waals surface area contributed by atoms with Crippen LogP contribution in [0.3, 0.4) is 0 Å². The summed E-state index contributed by atoms with van der Waals surface area (Å²) in [7, 11) is 0. The van der Waals surface area contributed by atoms with Gasteiger partial charge in [-0.05, 0) is 42.8 Å². The second-order valence-electron chi connectivity index (χ2n) is 4.42. The molecule has 2 rings (SSSR count). The van der Waals surface area contributed by atoms with Gasteiger partial charge >= 0.3 is 0 Å². The summed E-state index contributed by atoms with van der Waals surface area (Å²) in [6, 6.07) is 11.2. The molecular formula is C15H14BrN3O. The number of benzene rings is 1. The fourth-order valence-corrected chi connectivity index (χ4v) is 2.17. The number of nitrogens with two attached hydrogens (primary N) is 1. The lowest BCUT2D eigenvalue weighted by Crippen LogP contribution is -2.08. The highest BCUT2D eigenvalue weighted by molar-refractivity contribution is 9.10. The molecule has 0 spiro atoms. The molecule has 0 aliphatic heterocycles. The first-order chi connectivity index (χ1) is 9.60. The summed E-state index contributed by atoms with van der Waals surface area (Å²) in [4.78, 5) is 3.93. The van der Waals surface area contributed by atoms with E-state index in [1.807, 2.05) is 37.3 Å². The van der Waals surface area contributed by atoms with Crippen molar-refractivity contribution in [3.05, 3.63) is 57.8 Å². The molecule has 0 radical (unpaired) electrons. The number of halogens is 1. The van der Waals surface area contributed by atoms with Gasteiger partial charge in [-0.15, -0.1) is 0 Å². The van der Waals surface area contributed by atoms with Crippen molar-refractivity contribution in [1.82, 2.24) is 4.98 Å². The molecule has 102 valence electrons. The maximum Gasteiger partial charge on any atom is 0.140 e. The van der Waals surface area contributed by atoms with Crippen LogP contribution in [0.2, 0.25) is 0 Å². The third-order valence-corrected chi connectivity index (χ3v) is 3.29. The number of aromatic nitrogens is 1. The second kappa shape index (κ2) is 6.51. The lowest BCUT2D eigenvalue weighted by molar-refractivity contribution is 0.301. The van der Waals surface area contributed by atoms with Crippen molar-refractivity contribution >= 4 is 15.9 Å². The van der Waals surface area contributed by atoms with E-state index in [9.17, 15) is 0 Å². The number of hydrogen-bond acceptors (Lipinski definition) is 4. The molecule has 2 N–H and O–H groups in total. The molecule has 0 bridgehead atoms. The van der Waals surface area contributed by atoms with Gasteiger partial charge in [0, 0.05) is 22.3 Å². The number of nitrogens with zero attached hydrogens (tertiary/aromatic N) is 2. The minimum Gasteiger partial charge on any atom is -0.489 e. The maximum absolute atomic E-state index is 8.82. The van der Waals surface area contributed by atoms with Crippen LogP contribution < -0.4 is 10.5 Å². The average Bonchev–Trinajstić information content (AvgIpc) is 2.46. The number of pyridine rings is 1. The highest BCUT2D eigenvalue weighted by atomic mass is 79.9. The van der Waals surface area contributed by atoms with Crippen molar-refractivity contribution in [1.29, 1.82) is 5.26 Å². The molecule has 1 heterocycles. The van der Waals surface area contributed by atoms with Gasteiger partial charge in [0.1, 0.15) is 24.1 Å². The van der Waals surface area contributed by atoms with E-state index >= 15 is 0 Å². The molecule has 0 amide bonds. The molecule has 0 aliphatic rings. The SMILES string of the molecule is CC(N)c1cc(Br)ccc1OCc1ccnc(C#N)c1. The van der Waals surface area contributed by atoms with Crippen LogP contribution >= 0.6 is 15.9 Å². The molecule has 1 aromatic carbocycles. The minimum atomic E-state index is -0.116. The predicted octanol–water partition coefficient (Wildman–Crippen LogP) is 3.31. The Balaban J connectivity index is 2.16. The number of ether oxygens (including phenoxy) is 1. The average molecular weight is 332 g/mol. The molecule has 4 nitrogen and oxygen atoms in total. The van der Waals surface area contributed by atoms with Gasteiger partial charge in [-0.1, -0.05) is 15.9 Å². The van der Waals surface area contributed by atoms with Crippen LogP contribution in [-0.4, -0.2) is 4.98 Å². The zero-order chi connectivity index (χ0) is 14.5. The highest BCUT2D eigenvalue weighted by Crippen LogP contribution is 2.28. The first-order valence-electron chi connectivity index (χ1n) is 6.13. The minimum absolute atomic E-state index is 0.116. The lowest BCUT2D eigenvalue weighted by Gasteiger charge is -2.14. The molecular weight excluding hydrogens is 318 g/mol. The zero-order valence-corrected chi connectivity index (χ0v) is 12.6. The first kappa shape index (κ1) is 14.5. The van der Waals surface area contributed by atoms with Gasteiger partial charge < -0.3 is 10.5 Å². The summed E-state index contributed by atoms with van der Waals surface area (Å²) in [5.74, 6) is 0.749. The van der Waals surface area contributed by atoms with Crippen molar-refractivity contribution < 1.29 is 4.74 Å². The van der Waals surface area contributed by atoms with Crippen LogP contribution in [0.5, 0.6) is 5.75 Å². The largest absolute Gasteiger partial charge is 0.489 e. The van der Waals surface area contributed by atoms with E-state index in [1.165, 1.54) is 0 Å². The van der Waals surface area contributed by atoms with Crippen LogP contribution in [0.25, 0.3) is 0 Å². The van der Waals surface area contributed by atoms with Crippen LogP contribution in [0.4, 0.5) is 0 Å². The third-order valence-electron chi connectivity index (χ3n) is 2.80. The molecule has 2 aromatic rings. The predicted molar refractivity (Wildman–Crippen MR) is 80.0 cm³/mol. The quantitative estimate of drug-likeness (QED) is 0.932. The number of nitriles is 1. The summed E-state index contributed by atoms with van der Waals surface area (Å²) >= 11 is 3.42. The second-order valence-corrected chi connectivity index (χ2v) is 5.34. The Morgan fingerprint density at radius 1 is 1.40 bits per heavy atom. The Kier molecular flexibility index (Phi) is 4.72. The van der Waals surface area contributed by atoms with E-state index in [2.05, 4.69) is 20.9 Å². The summed E-state index contributed by atoms with van der Waals surface area (Å²) in [5.41, 5.74) is 8.16. The van der Waals surface area contributed by atoms with Crippen molar-refractivity contribution in [2.24, 2.45) is 5.73 Å². The van der Waals surface area contributed by atoms with Gasteiger partial charge in [0.05, 0.1) is 0 Å². The number of rotatable bonds is 4. The lowest BCUT2D eigenvalue weighted by atomic mass is 10.1. The van der Waals surface area contributed by atoms with Gasteiger partial charge in [-0.2, -0.15) is 5.26 Å². The Bertz CT molecular complexity index is 650. The van der Waals surface area contributed by atoms with Gasteiger partial charge in [0.2, 0.25) is 0 Å². The standard InChI is InChI=1S/C15H14BrN3O/c1-10(18)14-7-12(16)2-3-15(14)20-9-11-4-5-19-13(6-11)8-17/h2-7,10H,9,18H2,1H3. The first-order valence-corrected chi connectivity index (χ1v) is 6.92. The van der Waals surface area contributed by atoms with E-state index in [4.69, 9.17) is 15.7 Å². The molecule has 1 aromatic heterocycles. The van der Waals surface area contributed by atoms with Gasteiger partial charge in [0.25, 0.3) is 0 Å². The molecule has 1 atom stereocenters. The van der Waals surface area contributed by atoms with E-state index in [0.29, 0.717) is 12.3 Å². The highest BCUT2D eigenvalue weighted by Gasteiger charge is 2.09. The van der Waals surface area contributed by atoms with Gasteiger partial charge in [-0.3, -0.25) is 0 Å². The molecule has 0 fully saturated rings. The Morgan fingerprint density at radius 2 is 2.20 bits per heavy atom. The third kappa shape index (κ3) is 3.56.